The lowest BCUT2D eigenvalue weighted by atomic mass is 9.77. The highest BCUT2D eigenvalue weighted by molar-refractivity contribution is 6.10. The number of fused-ring (bicyclic) bond motifs is 1. The van der Waals surface area contributed by atoms with Gasteiger partial charge in [0, 0.05) is 5.92 Å². The van der Waals surface area contributed by atoms with Crippen LogP contribution in [0.25, 0.3) is 12.2 Å². The van der Waals surface area contributed by atoms with Gasteiger partial charge in [-0.3, -0.25) is 4.79 Å². The van der Waals surface area contributed by atoms with Crippen LogP contribution in [0.1, 0.15) is 42.0 Å². The Kier molecular flexibility index (Phi) is 6.77. The zero-order valence-corrected chi connectivity index (χ0v) is 20.2. The highest BCUT2D eigenvalue weighted by Crippen LogP contribution is 2.44. The number of amides is 1. The Morgan fingerprint density at radius 1 is 1.00 bits per heavy atom. The summed E-state index contributed by atoms with van der Waals surface area (Å²) in [6.45, 7) is 0. The molecule has 36 heavy (non-hydrogen) atoms. The van der Waals surface area contributed by atoms with Crippen molar-refractivity contribution in [1.29, 1.82) is 5.26 Å². The molecule has 2 unspecified atom stereocenters. The second-order valence-electron chi connectivity index (χ2n) is 9.01. The van der Waals surface area contributed by atoms with E-state index in [0.717, 1.165) is 47.2 Å². The van der Waals surface area contributed by atoms with E-state index in [0.29, 0.717) is 5.75 Å². The van der Waals surface area contributed by atoms with Gasteiger partial charge in [0.15, 0.2) is 0 Å². The van der Waals surface area contributed by atoms with E-state index in [1.807, 2.05) is 72.8 Å². The minimum Gasteiger partial charge on any atom is -0.497 e. The van der Waals surface area contributed by atoms with Gasteiger partial charge >= 0.3 is 0 Å². The molecule has 178 valence electrons. The van der Waals surface area contributed by atoms with Crippen LogP contribution in [-0.2, 0) is 4.79 Å². The second kappa shape index (κ2) is 10.5. The second-order valence-corrected chi connectivity index (χ2v) is 9.01. The average molecular weight is 474 g/mol. The van der Waals surface area contributed by atoms with E-state index in [2.05, 4.69) is 24.3 Å². The van der Waals surface area contributed by atoms with E-state index in [1.165, 1.54) is 5.01 Å². The third-order valence-electron chi connectivity index (χ3n) is 6.77. The standard InChI is InChI=1S/C31H27N3O2/c1-36-27-17-15-23(16-18-27)20-26(21-32)31(35)34-30(24-11-6-3-7-12-24)28-14-8-13-25(29(28)33-34)19-22-9-4-2-5-10-22/h2-7,9-12,15-20,28,30H,8,13-14H2,1H3/b25-19+,26-20+. The predicted molar refractivity (Wildman–Crippen MR) is 142 cm³/mol. The Morgan fingerprint density at radius 3 is 2.36 bits per heavy atom. The molecule has 3 aromatic rings. The number of benzene rings is 3. The van der Waals surface area contributed by atoms with Crippen LogP contribution < -0.4 is 4.74 Å². The van der Waals surface area contributed by atoms with Gasteiger partial charge in [0.1, 0.15) is 17.4 Å². The normalized spacial score (nSPS) is 20.4. The summed E-state index contributed by atoms with van der Waals surface area (Å²) in [4.78, 5) is 13.8. The van der Waals surface area contributed by atoms with Gasteiger partial charge in [-0.05, 0) is 65.8 Å². The Morgan fingerprint density at radius 2 is 1.69 bits per heavy atom. The molecular formula is C31H27N3O2. The first-order valence-corrected chi connectivity index (χ1v) is 12.2. The van der Waals surface area contributed by atoms with Crippen LogP contribution >= 0.6 is 0 Å². The summed E-state index contributed by atoms with van der Waals surface area (Å²) < 4.78 is 5.22. The molecule has 0 spiro atoms. The first-order valence-electron chi connectivity index (χ1n) is 12.2. The van der Waals surface area contributed by atoms with E-state index in [-0.39, 0.29) is 23.4 Å². The molecular weight excluding hydrogens is 446 g/mol. The van der Waals surface area contributed by atoms with Crippen molar-refractivity contribution < 1.29 is 9.53 Å². The fourth-order valence-electron chi connectivity index (χ4n) is 5.03. The fourth-order valence-corrected chi connectivity index (χ4v) is 5.03. The molecule has 1 heterocycles. The first kappa shape index (κ1) is 23.3. The van der Waals surface area contributed by atoms with Crippen molar-refractivity contribution in [3.63, 3.8) is 0 Å². The van der Waals surface area contributed by atoms with E-state index >= 15 is 0 Å². The van der Waals surface area contributed by atoms with Crippen LogP contribution in [0.3, 0.4) is 0 Å². The maximum atomic E-state index is 13.8. The van der Waals surface area contributed by atoms with E-state index in [1.54, 1.807) is 13.2 Å². The number of methoxy groups -OCH3 is 1. The molecule has 1 saturated carbocycles. The number of hydrogen-bond donors (Lipinski definition) is 0. The van der Waals surface area contributed by atoms with Gasteiger partial charge < -0.3 is 4.74 Å². The lowest BCUT2D eigenvalue weighted by Gasteiger charge is -2.29. The number of carbonyl (C=O) groups excluding carboxylic acids is 1. The number of nitrogens with zero attached hydrogens (tertiary/aromatic N) is 3. The van der Waals surface area contributed by atoms with Crippen molar-refractivity contribution in [2.45, 2.75) is 25.3 Å². The summed E-state index contributed by atoms with van der Waals surface area (Å²) in [5, 5.41) is 16.4. The molecule has 5 heteroatoms. The molecule has 2 aliphatic rings. The molecule has 0 saturated heterocycles. The molecule has 1 amide bonds. The molecule has 5 nitrogen and oxygen atoms in total. The van der Waals surface area contributed by atoms with Gasteiger partial charge in [-0.1, -0.05) is 72.8 Å². The molecule has 0 bridgehead atoms. The number of hydrogen-bond acceptors (Lipinski definition) is 4. The predicted octanol–water partition coefficient (Wildman–Crippen LogP) is 6.43. The third kappa shape index (κ3) is 4.71. The summed E-state index contributed by atoms with van der Waals surface area (Å²) in [5.41, 5.74) is 5.07. The fraction of sp³-hybridized carbons (Fsp3) is 0.194. The van der Waals surface area contributed by atoms with Crippen LogP contribution in [0, 0.1) is 17.2 Å². The van der Waals surface area contributed by atoms with Crippen molar-refractivity contribution in [2.75, 3.05) is 7.11 Å². The Labute approximate surface area is 211 Å². The van der Waals surface area contributed by atoms with Crippen LogP contribution in [-0.4, -0.2) is 23.7 Å². The number of rotatable bonds is 5. The number of hydrazone groups is 1. The molecule has 1 aliphatic carbocycles. The van der Waals surface area contributed by atoms with Crippen molar-refractivity contribution in [2.24, 2.45) is 11.0 Å². The first-order chi connectivity index (χ1) is 17.7. The van der Waals surface area contributed by atoms with Gasteiger partial charge in [-0.2, -0.15) is 10.4 Å². The summed E-state index contributed by atoms with van der Waals surface area (Å²) in [6.07, 6.45) is 6.69. The molecule has 3 aromatic carbocycles. The summed E-state index contributed by atoms with van der Waals surface area (Å²) >= 11 is 0. The monoisotopic (exact) mass is 473 g/mol. The molecule has 0 radical (unpaired) electrons. The highest BCUT2D eigenvalue weighted by Gasteiger charge is 2.44. The van der Waals surface area contributed by atoms with E-state index in [9.17, 15) is 10.1 Å². The topological polar surface area (TPSA) is 65.7 Å². The number of allylic oxidation sites excluding steroid dienone is 1. The summed E-state index contributed by atoms with van der Waals surface area (Å²) in [6, 6.07) is 29.4. The lowest BCUT2D eigenvalue weighted by Crippen LogP contribution is -2.32. The van der Waals surface area contributed by atoms with Crippen molar-refractivity contribution in [3.05, 3.63) is 113 Å². The molecule has 1 aliphatic heterocycles. The van der Waals surface area contributed by atoms with Crippen molar-refractivity contribution in [3.8, 4) is 11.8 Å². The van der Waals surface area contributed by atoms with E-state index < -0.39 is 0 Å². The molecule has 0 aromatic heterocycles. The van der Waals surface area contributed by atoms with Crippen molar-refractivity contribution in [1.82, 2.24) is 5.01 Å². The Bertz CT molecular complexity index is 1370. The number of nitriles is 1. The summed E-state index contributed by atoms with van der Waals surface area (Å²) in [7, 11) is 1.60. The highest BCUT2D eigenvalue weighted by atomic mass is 16.5. The quantitative estimate of drug-likeness (QED) is 0.317. The van der Waals surface area contributed by atoms with Gasteiger partial charge in [0.2, 0.25) is 0 Å². The van der Waals surface area contributed by atoms with Crippen molar-refractivity contribution >= 4 is 23.8 Å². The zero-order valence-electron chi connectivity index (χ0n) is 20.2. The third-order valence-corrected chi connectivity index (χ3v) is 6.77. The molecule has 5 rings (SSSR count). The number of ether oxygens (including phenoxy) is 1. The average Bonchev–Trinajstić information content (AvgIpc) is 3.33. The van der Waals surface area contributed by atoms with Crippen LogP contribution in [0.4, 0.5) is 0 Å². The smallest absolute Gasteiger partial charge is 0.285 e. The molecule has 0 N–H and O–H groups in total. The van der Waals surface area contributed by atoms with Gasteiger partial charge in [0.05, 0.1) is 18.9 Å². The zero-order chi connectivity index (χ0) is 24.9. The van der Waals surface area contributed by atoms with Crippen LogP contribution in [0.2, 0.25) is 0 Å². The van der Waals surface area contributed by atoms with Gasteiger partial charge in [-0.25, -0.2) is 5.01 Å². The van der Waals surface area contributed by atoms with E-state index in [4.69, 9.17) is 9.84 Å². The Hall–Kier alpha value is -4.43. The largest absolute Gasteiger partial charge is 0.497 e. The maximum absolute atomic E-state index is 13.8. The Balaban J connectivity index is 1.55. The number of carbonyl (C=O) groups is 1. The van der Waals surface area contributed by atoms with Crippen LogP contribution in [0.15, 0.2) is 101 Å². The summed E-state index contributed by atoms with van der Waals surface area (Å²) in [5.74, 6) is 0.415. The minimum atomic E-state index is -0.386. The lowest BCUT2D eigenvalue weighted by molar-refractivity contribution is -0.129. The van der Waals surface area contributed by atoms with Crippen LogP contribution in [0.5, 0.6) is 5.75 Å². The minimum absolute atomic E-state index is 0.0534. The SMILES string of the molecule is COc1ccc(/C=C(\C#N)C(=O)N2N=C3/C(=C/c4ccccc4)CCCC3C2c2ccccc2)cc1. The maximum Gasteiger partial charge on any atom is 0.285 e. The molecule has 2 atom stereocenters. The van der Waals surface area contributed by atoms with Gasteiger partial charge in [0.25, 0.3) is 5.91 Å². The van der Waals surface area contributed by atoms with Gasteiger partial charge in [-0.15, -0.1) is 0 Å². The molecule has 1 fully saturated rings.